The van der Waals surface area contributed by atoms with Crippen LogP contribution in [-0.2, 0) is 26.2 Å². The molecule has 13 heteroatoms. The van der Waals surface area contributed by atoms with Gasteiger partial charge in [0.1, 0.15) is 6.17 Å². The van der Waals surface area contributed by atoms with Crippen LogP contribution in [0.1, 0.15) is 28.7 Å². The van der Waals surface area contributed by atoms with Crippen LogP contribution in [-0.4, -0.2) is 33.1 Å². The van der Waals surface area contributed by atoms with Gasteiger partial charge in [-0.2, -0.15) is 31.1 Å². The molecule has 3 aromatic carbocycles. The van der Waals surface area contributed by atoms with Gasteiger partial charge in [-0.15, -0.1) is 4.83 Å². The summed E-state index contributed by atoms with van der Waals surface area (Å²) in [4.78, 5) is 2.07. The summed E-state index contributed by atoms with van der Waals surface area (Å²) in [5.41, 5.74) is 3.77. The highest BCUT2D eigenvalue weighted by Crippen LogP contribution is 2.31. The van der Waals surface area contributed by atoms with Crippen molar-refractivity contribution in [1.29, 1.82) is 0 Å². The number of halogens is 3. The summed E-state index contributed by atoms with van der Waals surface area (Å²) in [7, 11) is -8.31. The number of benzene rings is 3. The Morgan fingerprint density at radius 2 is 1.32 bits per heavy atom. The Morgan fingerprint density at radius 3 is 1.84 bits per heavy atom. The highest BCUT2D eigenvalue weighted by atomic mass is 32.2. The van der Waals surface area contributed by atoms with Crippen LogP contribution in [0.2, 0.25) is 0 Å². The molecule has 0 aromatic heterocycles. The zero-order valence-corrected chi connectivity index (χ0v) is 21.3. The third-order valence-corrected chi connectivity index (χ3v) is 8.65. The smallest absolute Gasteiger partial charge is 0.219 e. The van der Waals surface area contributed by atoms with Gasteiger partial charge in [-0.05, 0) is 55.8 Å². The fourth-order valence-electron chi connectivity index (χ4n) is 3.59. The van der Waals surface area contributed by atoms with Crippen LogP contribution < -0.4 is 10.3 Å². The molecule has 37 heavy (non-hydrogen) atoms. The number of sulfonamides is 2. The van der Waals surface area contributed by atoms with Crippen molar-refractivity contribution in [1.82, 2.24) is 14.7 Å². The Balaban J connectivity index is 1.65. The van der Waals surface area contributed by atoms with Crippen LogP contribution in [0.5, 0.6) is 0 Å². The van der Waals surface area contributed by atoms with Crippen LogP contribution in [0.3, 0.4) is 0 Å². The number of hydrogen-bond donors (Lipinski definition) is 2. The van der Waals surface area contributed by atoms with Gasteiger partial charge in [0.25, 0.3) is 20.0 Å². The summed E-state index contributed by atoms with van der Waals surface area (Å²) in [5.74, 6) is 0. The number of hydrazine groups is 1. The van der Waals surface area contributed by atoms with Gasteiger partial charge in [0.05, 0.1) is 21.1 Å². The molecule has 0 saturated carbocycles. The Bertz CT molecular complexity index is 1520. The van der Waals surface area contributed by atoms with E-state index in [9.17, 15) is 30.0 Å². The van der Waals surface area contributed by atoms with Crippen molar-refractivity contribution >= 4 is 25.8 Å². The number of aryl methyl sites for hydroxylation is 2. The molecule has 0 radical (unpaired) electrons. The molecule has 0 fully saturated rings. The van der Waals surface area contributed by atoms with Gasteiger partial charge in [-0.25, -0.2) is 13.8 Å². The van der Waals surface area contributed by atoms with Crippen LogP contribution in [0.15, 0.2) is 87.7 Å². The van der Waals surface area contributed by atoms with E-state index >= 15 is 0 Å². The number of hydrazone groups is 1. The number of nitrogens with one attached hydrogen (secondary N) is 2. The Morgan fingerprint density at radius 1 is 0.811 bits per heavy atom. The van der Waals surface area contributed by atoms with Gasteiger partial charge >= 0.3 is 6.18 Å². The first-order chi connectivity index (χ1) is 17.3. The van der Waals surface area contributed by atoms with Crippen molar-refractivity contribution in [3.8, 4) is 0 Å². The number of hydrogen-bond acceptors (Lipinski definition) is 6. The zero-order chi connectivity index (χ0) is 27.0. The quantitative estimate of drug-likeness (QED) is 0.432. The third-order valence-electron chi connectivity index (χ3n) is 5.67. The largest absolute Gasteiger partial charge is 0.416 e. The Kier molecular flexibility index (Phi) is 7.16. The van der Waals surface area contributed by atoms with Crippen molar-refractivity contribution in [2.24, 2.45) is 5.10 Å². The van der Waals surface area contributed by atoms with Crippen LogP contribution in [0, 0.1) is 13.8 Å². The van der Waals surface area contributed by atoms with Crippen molar-refractivity contribution in [3.63, 3.8) is 0 Å². The van der Waals surface area contributed by atoms with Gasteiger partial charge in [0.2, 0.25) is 0 Å². The summed E-state index contributed by atoms with van der Waals surface area (Å²) in [6.07, 6.45) is -5.84. The predicted octanol–water partition coefficient (Wildman–Crippen LogP) is 3.93. The average molecular weight is 553 g/mol. The first kappa shape index (κ1) is 26.8. The molecule has 0 amide bonds. The second-order valence-electron chi connectivity index (χ2n) is 8.50. The number of rotatable bonds is 7. The van der Waals surface area contributed by atoms with Crippen molar-refractivity contribution in [2.45, 2.75) is 42.4 Å². The molecule has 1 heterocycles. The van der Waals surface area contributed by atoms with E-state index in [1.165, 1.54) is 36.4 Å². The van der Waals surface area contributed by atoms with E-state index < -0.39 is 38.0 Å². The maximum Gasteiger partial charge on any atom is 0.416 e. The third kappa shape index (κ3) is 5.85. The number of nitrogens with zero attached hydrogens (tertiary/aromatic N) is 2. The lowest BCUT2D eigenvalue weighted by atomic mass is 10.0. The lowest BCUT2D eigenvalue weighted by Crippen LogP contribution is -2.51. The molecular weight excluding hydrogens is 529 g/mol. The minimum Gasteiger partial charge on any atom is -0.219 e. The van der Waals surface area contributed by atoms with Gasteiger partial charge < -0.3 is 0 Å². The van der Waals surface area contributed by atoms with E-state index in [0.29, 0.717) is 0 Å². The maximum atomic E-state index is 13.4. The monoisotopic (exact) mass is 552 g/mol. The second-order valence-corrected chi connectivity index (χ2v) is 12.0. The molecule has 8 nitrogen and oxygen atoms in total. The topological polar surface area (TPSA) is 108 Å². The summed E-state index contributed by atoms with van der Waals surface area (Å²) in [6, 6.07) is 16.2. The number of alkyl halides is 3. The molecule has 1 aliphatic heterocycles. The van der Waals surface area contributed by atoms with E-state index in [-0.39, 0.29) is 27.5 Å². The lowest BCUT2D eigenvalue weighted by Gasteiger charge is -2.24. The highest BCUT2D eigenvalue weighted by molar-refractivity contribution is 7.89. The standard InChI is InChI=1S/C24H23F3N4O4S2/c1-16-3-11-20(12-4-16)36(32,33)30-28-23-15-22(18-7-9-19(10-8-18)24(25,26)27)29-31(23)37(34,35)21-13-5-17(2)6-14-21/h3-14,23,28,30H,15H2,1-2H3. The highest BCUT2D eigenvalue weighted by Gasteiger charge is 2.38. The summed E-state index contributed by atoms with van der Waals surface area (Å²) >= 11 is 0. The molecule has 0 bridgehead atoms. The first-order valence-electron chi connectivity index (χ1n) is 11.0. The van der Waals surface area contributed by atoms with Crippen molar-refractivity contribution in [2.75, 3.05) is 0 Å². The maximum absolute atomic E-state index is 13.4. The molecule has 0 aliphatic carbocycles. The zero-order valence-electron chi connectivity index (χ0n) is 19.7. The van der Waals surface area contributed by atoms with E-state index in [1.54, 1.807) is 38.1 Å². The molecular formula is C24H23F3N4O4S2. The van der Waals surface area contributed by atoms with Gasteiger partial charge in [0.15, 0.2) is 0 Å². The van der Waals surface area contributed by atoms with Gasteiger partial charge in [0, 0.05) is 6.42 Å². The summed E-state index contributed by atoms with van der Waals surface area (Å²) in [6.45, 7) is 3.59. The molecule has 1 unspecified atom stereocenters. The fraction of sp³-hybridized carbons (Fsp3) is 0.208. The minimum atomic E-state index is -4.53. The second kappa shape index (κ2) is 9.89. The fourth-order valence-corrected chi connectivity index (χ4v) is 5.85. The van der Waals surface area contributed by atoms with Crippen molar-refractivity contribution < 1.29 is 30.0 Å². The molecule has 196 valence electrons. The Hall–Kier alpha value is -3.26. The van der Waals surface area contributed by atoms with Crippen LogP contribution >= 0.6 is 0 Å². The molecule has 3 aromatic rings. The van der Waals surface area contributed by atoms with Gasteiger partial charge in [-0.1, -0.05) is 47.5 Å². The molecule has 1 atom stereocenters. The summed E-state index contributed by atoms with van der Waals surface area (Å²) < 4.78 is 92.0. The summed E-state index contributed by atoms with van der Waals surface area (Å²) in [5, 5.41) is 4.17. The molecule has 1 aliphatic rings. The van der Waals surface area contributed by atoms with Crippen LogP contribution in [0.4, 0.5) is 13.2 Å². The molecule has 2 N–H and O–H groups in total. The van der Waals surface area contributed by atoms with Gasteiger partial charge in [-0.3, -0.25) is 0 Å². The molecule has 4 rings (SSSR count). The van der Waals surface area contributed by atoms with E-state index in [1.807, 2.05) is 0 Å². The minimum absolute atomic E-state index is 0.0413. The normalized spacial score (nSPS) is 16.6. The van der Waals surface area contributed by atoms with Crippen LogP contribution in [0.25, 0.3) is 0 Å². The van der Waals surface area contributed by atoms with E-state index in [4.69, 9.17) is 0 Å². The predicted molar refractivity (Wildman–Crippen MR) is 131 cm³/mol. The average Bonchev–Trinajstić information content (AvgIpc) is 3.28. The molecule has 0 spiro atoms. The Labute approximate surface area is 212 Å². The molecule has 0 saturated heterocycles. The van der Waals surface area contributed by atoms with E-state index in [2.05, 4.69) is 15.4 Å². The lowest BCUT2D eigenvalue weighted by molar-refractivity contribution is -0.137. The first-order valence-corrected chi connectivity index (χ1v) is 13.9. The SMILES string of the molecule is Cc1ccc(S(=O)(=O)NNC2CC(c3ccc(C(F)(F)F)cc3)=NN2S(=O)(=O)c2ccc(C)cc2)cc1. The van der Waals surface area contributed by atoms with Crippen molar-refractivity contribution in [3.05, 3.63) is 95.1 Å². The van der Waals surface area contributed by atoms with E-state index in [0.717, 1.165) is 27.7 Å².